The largest absolute Gasteiger partial charge is 0.396 e. The van der Waals surface area contributed by atoms with Crippen LogP contribution >= 0.6 is 0 Å². The summed E-state index contributed by atoms with van der Waals surface area (Å²) in [5.41, 5.74) is 1.53. The predicted octanol–water partition coefficient (Wildman–Crippen LogP) is 0.564. The number of carbonyl (C=O) groups is 1. The summed E-state index contributed by atoms with van der Waals surface area (Å²) < 4.78 is 0. The number of likely N-dealkylation sites (N-methyl/N-ethyl adjacent to an activating group) is 2. The first-order valence-corrected chi connectivity index (χ1v) is 8.56. The molecule has 0 radical (unpaired) electrons. The van der Waals surface area contributed by atoms with Crippen LogP contribution in [-0.2, 0) is 0 Å². The van der Waals surface area contributed by atoms with Crippen molar-refractivity contribution in [1.29, 1.82) is 0 Å². The summed E-state index contributed by atoms with van der Waals surface area (Å²) in [7, 11) is 6.23. The SMILES string of the molecule is Cc1ccc(C(=O)N2CC(CO)C(CN(C)CCN(C)C)C2)cn1. The highest BCUT2D eigenvalue weighted by Gasteiger charge is 2.35. The van der Waals surface area contributed by atoms with Crippen molar-refractivity contribution < 1.29 is 9.90 Å². The summed E-state index contributed by atoms with van der Waals surface area (Å²) in [4.78, 5) is 23.2. The van der Waals surface area contributed by atoms with E-state index in [4.69, 9.17) is 0 Å². The first kappa shape index (κ1) is 18.8. The Kier molecular flexibility index (Phi) is 6.71. The highest BCUT2D eigenvalue weighted by Crippen LogP contribution is 2.25. The van der Waals surface area contributed by atoms with E-state index >= 15 is 0 Å². The Balaban J connectivity index is 1.95. The number of pyridine rings is 1. The predicted molar refractivity (Wildman–Crippen MR) is 95.0 cm³/mol. The maximum absolute atomic E-state index is 12.7. The summed E-state index contributed by atoms with van der Waals surface area (Å²) in [6.07, 6.45) is 1.64. The number of aryl methyl sites for hydroxylation is 1. The average Bonchev–Trinajstić information content (AvgIpc) is 2.96. The molecule has 0 bridgehead atoms. The molecule has 0 aromatic carbocycles. The van der Waals surface area contributed by atoms with Crippen LogP contribution in [0.25, 0.3) is 0 Å². The van der Waals surface area contributed by atoms with Crippen molar-refractivity contribution in [3.8, 4) is 0 Å². The number of nitrogens with zero attached hydrogens (tertiary/aromatic N) is 4. The molecule has 24 heavy (non-hydrogen) atoms. The van der Waals surface area contributed by atoms with Gasteiger partial charge in [-0.15, -0.1) is 0 Å². The van der Waals surface area contributed by atoms with Crippen LogP contribution in [0.3, 0.4) is 0 Å². The standard InChI is InChI=1S/C18H30N4O2/c1-14-5-6-15(9-19-14)18(24)22-11-16(17(12-22)13-23)10-21(4)8-7-20(2)3/h5-6,9,16-17,23H,7-8,10-13H2,1-4H3. The second kappa shape index (κ2) is 8.55. The van der Waals surface area contributed by atoms with Crippen LogP contribution in [-0.4, -0.2) is 91.2 Å². The third-order valence-electron chi connectivity index (χ3n) is 4.73. The summed E-state index contributed by atoms with van der Waals surface area (Å²) in [5, 5.41) is 9.70. The van der Waals surface area contributed by atoms with E-state index in [1.807, 2.05) is 24.0 Å². The van der Waals surface area contributed by atoms with Crippen molar-refractivity contribution in [3.63, 3.8) is 0 Å². The molecule has 6 nitrogen and oxygen atoms in total. The van der Waals surface area contributed by atoms with Gasteiger partial charge < -0.3 is 19.8 Å². The Morgan fingerprint density at radius 1 is 1.25 bits per heavy atom. The molecule has 1 fully saturated rings. The van der Waals surface area contributed by atoms with E-state index in [2.05, 4.69) is 35.9 Å². The second-order valence-electron chi connectivity index (χ2n) is 7.17. The topological polar surface area (TPSA) is 59.9 Å². The Morgan fingerprint density at radius 3 is 2.54 bits per heavy atom. The molecule has 1 aromatic heterocycles. The fourth-order valence-corrected chi connectivity index (χ4v) is 3.16. The molecule has 134 valence electrons. The molecule has 1 aliphatic heterocycles. The van der Waals surface area contributed by atoms with Crippen LogP contribution in [0.2, 0.25) is 0 Å². The molecule has 2 atom stereocenters. The molecular formula is C18H30N4O2. The lowest BCUT2D eigenvalue weighted by Gasteiger charge is -2.25. The maximum Gasteiger partial charge on any atom is 0.255 e. The van der Waals surface area contributed by atoms with E-state index in [1.165, 1.54) is 0 Å². The zero-order valence-corrected chi connectivity index (χ0v) is 15.3. The van der Waals surface area contributed by atoms with Crippen molar-refractivity contribution in [2.45, 2.75) is 6.92 Å². The Hall–Kier alpha value is -1.50. The van der Waals surface area contributed by atoms with Gasteiger partial charge in [0.05, 0.1) is 5.56 Å². The molecule has 1 aromatic rings. The van der Waals surface area contributed by atoms with Gasteiger partial charge in [-0.25, -0.2) is 0 Å². The number of amides is 1. The summed E-state index contributed by atoms with van der Waals surface area (Å²) >= 11 is 0. The molecule has 1 N–H and O–H groups in total. The van der Waals surface area contributed by atoms with Crippen molar-refractivity contribution in [3.05, 3.63) is 29.6 Å². The quantitative estimate of drug-likeness (QED) is 0.790. The Bertz CT molecular complexity index is 532. The van der Waals surface area contributed by atoms with Gasteiger partial charge in [0.2, 0.25) is 0 Å². The Labute approximate surface area is 145 Å². The number of aromatic nitrogens is 1. The average molecular weight is 334 g/mol. The minimum atomic E-state index is 0.0133. The van der Waals surface area contributed by atoms with Gasteiger partial charge in [0.1, 0.15) is 0 Å². The molecule has 2 unspecified atom stereocenters. The zero-order chi connectivity index (χ0) is 17.7. The van der Waals surface area contributed by atoms with Gasteiger partial charge in [-0.3, -0.25) is 9.78 Å². The van der Waals surface area contributed by atoms with Gasteiger partial charge in [-0.05, 0) is 46.1 Å². The van der Waals surface area contributed by atoms with Gasteiger partial charge in [0.15, 0.2) is 0 Å². The lowest BCUT2D eigenvalue weighted by molar-refractivity contribution is 0.0779. The van der Waals surface area contributed by atoms with E-state index in [-0.39, 0.29) is 18.4 Å². The van der Waals surface area contributed by atoms with Gasteiger partial charge in [0.25, 0.3) is 5.91 Å². The third-order valence-corrected chi connectivity index (χ3v) is 4.73. The van der Waals surface area contributed by atoms with Crippen molar-refractivity contribution >= 4 is 5.91 Å². The van der Waals surface area contributed by atoms with Crippen molar-refractivity contribution in [1.82, 2.24) is 19.7 Å². The summed E-state index contributed by atoms with van der Waals surface area (Å²) in [6, 6.07) is 3.69. The summed E-state index contributed by atoms with van der Waals surface area (Å²) in [6.45, 7) is 6.24. The molecule has 6 heteroatoms. The fraction of sp³-hybridized carbons (Fsp3) is 0.667. The number of hydrogen-bond acceptors (Lipinski definition) is 5. The van der Waals surface area contributed by atoms with Crippen LogP contribution in [0.4, 0.5) is 0 Å². The van der Waals surface area contributed by atoms with Crippen molar-refractivity contribution in [2.75, 3.05) is 60.5 Å². The fourth-order valence-electron chi connectivity index (χ4n) is 3.16. The second-order valence-corrected chi connectivity index (χ2v) is 7.17. The minimum absolute atomic E-state index is 0.0133. The number of aliphatic hydroxyl groups is 1. The number of carbonyl (C=O) groups excluding carboxylic acids is 1. The first-order valence-electron chi connectivity index (χ1n) is 8.56. The van der Waals surface area contributed by atoms with Crippen LogP contribution in [0, 0.1) is 18.8 Å². The monoisotopic (exact) mass is 334 g/mol. The van der Waals surface area contributed by atoms with Crippen LogP contribution in [0.5, 0.6) is 0 Å². The van der Waals surface area contributed by atoms with E-state index in [0.717, 1.165) is 25.3 Å². The van der Waals surface area contributed by atoms with Crippen LogP contribution in [0.15, 0.2) is 18.3 Å². The molecule has 0 aliphatic carbocycles. The summed E-state index contributed by atoms with van der Waals surface area (Å²) in [5.74, 6) is 0.470. The van der Waals surface area contributed by atoms with E-state index in [9.17, 15) is 9.90 Å². The highest BCUT2D eigenvalue weighted by molar-refractivity contribution is 5.94. The van der Waals surface area contributed by atoms with Gasteiger partial charge in [-0.1, -0.05) is 0 Å². The number of hydrogen-bond donors (Lipinski definition) is 1. The smallest absolute Gasteiger partial charge is 0.255 e. The van der Waals surface area contributed by atoms with Crippen molar-refractivity contribution in [2.24, 2.45) is 11.8 Å². The molecule has 0 saturated carbocycles. The minimum Gasteiger partial charge on any atom is -0.396 e. The van der Waals surface area contributed by atoms with Crippen LogP contribution in [0.1, 0.15) is 16.1 Å². The van der Waals surface area contributed by atoms with Gasteiger partial charge >= 0.3 is 0 Å². The zero-order valence-electron chi connectivity index (χ0n) is 15.3. The molecular weight excluding hydrogens is 304 g/mol. The highest BCUT2D eigenvalue weighted by atomic mass is 16.3. The molecule has 1 saturated heterocycles. The molecule has 0 spiro atoms. The number of likely N-dealkylation sites (tertiary alicyclic amines) is 1. The van der Waals surface area contributed by atoms with E-state index in [0.29, 0.717) is 24.6 Å². The first-order chi connectivity index (χ1) is 11.4. The molecule has 1 amide bonds. The van der Waals surface area contributed by atoms with Gasteiger partial charge in [-0.2, -0.15) is 0 Å². The Morgan fingerprint density at radius 2 is 1.96 bits per heavy atom. The third kappa shape index (κ3) is 5.00. The molecule has 2 heterocycles. The lowest BCUT2D eigenvalue weighted by atomic mass is 9.96. The van der Waals surface area contributed by atoms with E-state index in [1.54, 1.807) is 6.20 Å². The van der Waals surface area contributed by atoms with Gasteiger partial charge in [0, 0.05) is 57.1 Å². The number of rotatable bonds is 7. The molecule has 2 rings (SSSR count). The normalized spacial score (nSPS) is 21.0. The van der Waals surface area contributed by atoms with Crippen LogP contribution < -0.4 is 0 Å². The van der Waals surface area contributed by atoms with E-state index < -0.39 is 0 Å². The lowest BCUT2D eigenvalue weighted by Crippen LogP contribution is -2.35. The number of aliphatic hydroxyl groups excluding tert-OH is 1. The maximum atomic E-state index is 12.7. The molecule has 1 aliphatic rings.